The van der Waals surface area contributed by atoms with Crippen LogP contribution in [0, 0.1) is 6.92 Å². The minimum Gasteiger partial charge on any atom is -0.508 e. The number of anilines is 1. The maximum atomic E-state index is 12.1. The van der Waals surface area contributed by atoms with Gasteiger partial charge in [0.25, 0.3) is 10.0 Å². The van der Waals surface area contributed by atoms with Gasteiger partial charge in [-0.15, -0.1) is 0 Å². The number of nitrogens with one attached hydrogen (secondary N) is 1. The van der Waals surface area contributed by atoms with Crippen molar-refractivity contribution >= 4 is 15.7 Å². The smallest absolute Gasteiger partial charge is 0.262 e. The summed E-state index contributed by atoms with van der Waals surface area (Å²) < 4.78 is 26.5. The summed E-state index contributed by atoms with van der Waals surface area (Å²) in [5, 5.41) is 9.29. The van der Waals surface area contributed by atoms with Crippen LogP contribution in [-0.4, -0.2) is 18.5 Å². The number of pyridine rings is 1. The molecule has 2 rings (SSSR count). The summed E-state index contributed by atoms with van der Waals surface area (Å²) in [7, 11) is -3.71. The predicted octanol–water partition coefficient (Wildman–Crippen LogP) is 1.90. The zero-order chi connectivity index (χ0) is 13.2. The molecular formula is C12H12N2O3S. The van der Waals surface area contributed by atoms with Crippen LogP contribution in [0.25, 0.3) is 0 Å². The molecule has 0 unspecified atom stereocenters. The minimum absolute atomic E-state index is 0.00533. The van der Waals surface area contributed by atoms with E-state index in [0.29, 0.717) is 11.4 Å². The molecule has 0 aliphatic rings. The summed E-state index contributed by atoms with van der Waals surface area (Å²) in [6.45, 7) is 1.71. The Labute approximate surface area is 105 Å². The van der Waals surface area contributed by atoms with Crippen LogP contribution >= 0.6 is 0 Å². The minimum atomic E-state index is -3.71. The fourth-order valence-electron chi connectivity index (χ4n) is 1.45. The van der Waals surface area contributed by atoms with E-state index >= 15 is 0 Å². The van der Waals surface area contributed by atoms with E-state index in [1.165, 1.54) is 24.3 Å². The summed E-state index contributed by atoms with van der Waals surface area (Å²) in [6, 6.07) is 8.76. The average Bonchev–Trinajstić information content (AvgIpc) is 2.32. The number of hydrogen-bond donors (Lipinski definition) is 2. The Morgan fingerprint density at radius 3 is 2.67 bits per heavy atom. The first-order chi connectivity index (χ1) is 8.49. The second kappa shape index (κ2) is 4.66. The normalized spacial score (nSPS) is 11.2. The zero-order valence-electron chi connectivity index (χ0n) is 9.66. The van der Waals surface area contributed by atoms with Gasteiger partial charge < -0.3 is 5.11 Å². The molecule has 1 aromatic heterocycles. The van der Waals surface area contributed by atoms with Gasteiger partial charge in [-0.1, -0.05) is 6.07 Å². The number of aromatic nitrogens is 1. The molecule has 0 amide bonds. The molecule has 0 saturated heterocycles. The van der Waals surface area contributed by atoms with Gasteiger partial charge >= 0.3 is 0 Å². The van der Waals surface area contributed by atoms with Crippen LogP contribution in [0.2, 0.25) is 0 Å². The Hall–Kier alpha value is -2.08. The average molecular weight is 264 g/mol. The lowest BCUT2D eigenvalue weighted by Gasteiger charge is -2.09. The Balaban J connectivity index is 2.37. The highest BCUT2D eigenvalue weighted by molar-refractivity contribution is 7.92. The molecular weight excluding hydrogens is 252 g/mol. The van der Waals surface area contributed by atoms with E-state index in [9.17, 15) is 13.5 Å². The van der Waals surface area contributed by atoms with Crippen molar-refractivity contribution in [3.05, 3.63) is 48.3 Å². The number of rotatable bonds is 3. The fourth-order valence-corrected chi connectivity index (χ4v) is 2.60. The lowest BCUT2D eigenvalue weighted by atomic mass is 10.3. The van der Waals surface area contributed by atoms with Crippen molar-refractivity contribution < 1.29 is 13.5 Å². The third-order valence-corrected chi connectivity index (χ3v) is 3.74. The monoisotopic (exact) mass is 264 g/mol. The number of phenolic OH excluding ortho intramolecular Hbond substituents is 1. The molecule has 0 aliphatic carbocycles. The van der Waals surface area contributed by atoms with Gasteiger partial charge in [0.05, 0.1) is 16.3 Å². The van der Waals surface area contributed by atoms with Gasteiger partial charge in [0, 0.05) is 12.3 Å². The van der Waals surface area contributed by atoms with E-state index < -0.39 is 10.0 Å². The second-order valence-electron chi connectivity index (χ2n) is 3.74. The molecule has 2 N–H and O–H groups in total. The molecule has 0 fully saturated rings. The maximum absolute atomic E-state index is 12.1. The highest BCUT2D eigenvalue weighted by Gasteiger charge is 2.15. The van der Waals surface area contributed by atoms with Gasteiger partial charge in [0.15, 0.2) is 0 Å². The summed E-state index contributed by atoms with van der Waals surface area (Å²) in [5.74, 6) is -0.0965. The van der Waals surface area contributed by atoms with Gasteiger partial charge in [-0.3, -0.25) is 9.71 Å². The molecule has 0 radical (unpaired) electrons. The summed E-state index contributed by atoms with van der Waals surface area (Å²) in [6.07, 6.45) is 1.58. The number of aromatic hydroxyl groups is 1. The SMILES string of the molecule is Cc1ncccc1NS(=O)(=O)c1cccc(O)c1. The Morgan fingerprint density at radius 2 is 2.00 bits per heavy atom. The molecule has 94 valence electrons. The van der Waals surface area contributed by atoms with Gasteiger partial charge in [-0.25, -0.2) is 8.42 Å². The largest absolute Gasteiger partial charge is 0.508 e. The Morgan fingerprint density at radius 1 is 1.22 bits per heavy atom. The third-order valence-electron chi connectivity index (χ3n) is 2.38. The van der Waals surface area contributed by atoms with Gasteiger partial charge in [0.1, 0.15) is 5.75 Å². The molecule has 0 bridgehead atoms. The van der Waals surface area contributed by atoms with E-state index in [2.05, 4.69) is 9.71 Å². The number of aryl methyl sites for hydroxylation is 1. The summed E-state index contributed by atoms with van der Waals surface area (Å²) >= 11 is 0. The van der Waals surface area contributed by atoms with Crippen LogP contribution in [0.4, 0.5) is 5.69 Å². The topological polar surface area (TPSA) is 79.3 Å². The first-order valence-corrected chi connectivity index (χ1v) is 6.71. The van der Waals surface area contributed by atoms with Gasteiger partial charge in [-0.2, -0.15) is 0 Å². The van der Waals surface area contributed by atoms with E-state index in [1.807, 2.05) is 0 Å². The molecule has 0 atom stereocenters. The van der Waals surface area contributed by atoms with Crippen LogP contribution in [0.5, 0.6) is 5.75 Å². The number of hydrogen-bond acceptors (Lipinski definition) is 4. The van der Waals surface area contributed by atoms with Crippen LogP contribution in [-0.2, 0) is 10.0 Å². The van der Waals surface area contributed by atoms with Gasteiger partial charge in [-0.05, 0) is 31.2 Å². The van der Waals surface area contributed by atoms with Crippen LogP contribution in [0.15, 0.2) is 47.5 Å². The number of nitrogens with zero attached hydrogens (tertiary/aromatic N) is 1. The van der Waals surface area contributed by atoms with E-state index in [-0.39, 0.29) is 10.6 Å². The molecule has 0 spiro atoms. The molecule has 0 saturated carbocycles. The van der Waals surface area contributed by atoms with E-state index in [1.54, 1.807) is 25.3 Å². The van der Waals surface area contributed by atoms with Crippen molar-refractivity contribution in [2.45, 2.75) is 11.8 Å². The van der Waals surface area contributed by atoms with Crippen molar-refractivity contribution in [2.24, 2.45) is 0 Å². The lowest BCUT2D eigenvalue weighted by Crippen LogP contribution is -2.13. The fraction of sp³-hybridized carbons (Fsp3) is 0.0833. The summed E-state index contributed by atoms with van der Waals surface area (Å²) in [5.41, 5.74) is 1.00. The predicted molar refractivity (Wildman–Crippen MR) is 67.9 cm³/mol. The van der Waals surface area contributed by atoms with Gasteiger partial charge in [0.2, 0.25) is 0 Å². The maximum Gasteiger partial charge on any atom is 0.262 e. The first kappa shape index (κ1) is 12.4. The molecule has 2 aromatic rings. The zero-order valence-corrected chi connectivity index (χ0v) is 10.5. The standard InChI is InChI=1S/C12H12N2O3S/c1-9-12(6-3-7-13-9)14-18(16,17)11-5-2-4-10(15)8-11/h2-8,14-15H,1H3. The molecule has 5 nitrogen and oxygen atoms in total. The molecule has 6 heteroatoms. The van der Waals surface area contributed by atoms with E-state index in [0.717, 1.165) is 0 Å². The summed E-state index contributed by atoms with van der Waals surface area (Å²) in [4.78, 5) is 4.00. The van der Waals surface area contributed by atoms with Crippen LogP contribution < -0.4 is 4.72 Å². The van der Waals surface area contributed by atoms with Crippen molar-refractivity contribution in [2.75, 3.05) is 4.72 Å². The number of benzene rings is 1. The lowest BCUT2D eigenvalue weighted by molar-refractivity contribution is 0.473. The second-order valence-corrected chi connectivity index (χ2v) is 5.42. The van der Waals surface area contributed by atoms with Crippen molar-refractivity contribution in [3.8, 4) is 5.75 Å². The molecule has 0 aliphatic heterocycles. The van der Waals surface area contributed by atoms with Crippen molar-refractivity contribution in [1.29, 1.82) is 0 Å². The molecule has 1 heterocycles. The highest BCUT2D eigenvalue weighted by atomic mass is 32.2. The Bertz CT molecular complexity index is 669. The quantitative estimate of drug-likeness (QED) is 0.887. The van der Waals surface area contributed by atoms with Crippen LogP contribution in [0.3, 0.4) is 0 Å². The number of phenols is 1. The van der Waals surface area contributed by atoms with Crippen molar-refractivity contribution in [1.82, 2.24) is 4.98 Å². The van der Waals surface area contributed by atoms with Crippen molar-refractivity contribution in [3.63, 3.8) is 0 Å². The third kappa shape index (κ3) is 2.60. The Kier molecular flexibility index (Phi) is 3.20. The molecule has 18 heavy (non-hydrogen) atoms. The van der Waals surface area contributed by atoms with Crippen LogP contribution in [0.1, 0.15) is 5.69 Å². The molecule has 1 aromatic carbocycles. The highest BCUT2D eigenvalue weighted by Crippen LogP contribution is 2.20. The van der Waals surface area contributed by atoms with E-state index in [4.69, 9.17) is 0 Å². The first-order valence-electron chi connectivity index (χ1n) is 5.22. The number of sulfonamides is 1.